The van der Waals surface area contributed by atoms with Crippen molar-refractivity contribution >= 4 is 5.91 Å². The van der Waals surface area contributed by atoms with E-state index in [0.29, 0.717) is 18.8 Å². The van der Waals surface area contributed by atoms with Gasteiger partial charge in [-0.3, -0.25) is 9.48 Å². The minimum Gasteiger partial charge on any atom is -0.336 e. The topological polar surface area (TPSA) is 64.2 Å². The number of rotatable bonds is 4. The van der Waals surface area contributed by atoms with Crippen molar-refractivity contribution in [1.29, 1.82) is 0 Å². The van der Waals surface area contributed by atoms with Crippen molar-refractivity contribution in [3.63, 3.8) is 0 Å². The lowest BCUT2D eigenvalue weighted by atomic mass is 10.1. The van der Waals surface area contributed by atoms with Crippen molar-refractivity contribution in [2.24, 2.45) is 12.8 Å². The van der Waals surface area contributed by atoms with E-state index in [1.165, 1.54) is 0 Å². The van der Waals surface area contributed by atoms with Gasteiger partial charge in [-0.15, -0.1) is 0 Å². The quantitative estimate of drug-likeness (QED) is 0.894. The Hall–Kier alpha value is -2.14. The van der Waals surface area contributed by atoms with Gasteiger partial charge in [-0.1, -0.05) is 24.3 Å². The van der Waals surface area contributed by atoms with Gasteiger partial charge in [0.25, 0.3) is 5.91 Å². The van der Waals surface area contributed by atoms with E-state index < -0.39 is 0 Å². The zero-order valence-corrected chi connectivity index (χ0v) is 11.2. The molecule has 0 unspecified atom stereocenters. The molecular weight excluding hydrogens is 240 g/mol. The Morgan fingerprint density at radius 2 is 1.89 bits per heavy atom. The normalized spacial score (nSPS) is 10.5. The van der Waals surface area contributed by atoms with Crippen molar-refractivity contribution in [1.82, 2.24) is 14.7 Å². The molecule has 0 spiro atoms. The maximum Gasteiger partial charge on any atom is 0.274 e. The summed E-state index contributed by atoms with van der Waals surface area (Å²) in [6.07, 6.45) is 1.76. The fourth-order valence-electron chi connectivity index (χ4n) is 1.85. The summed E-state index contributed by atoms with van der Waals surface area (Å²) in [4.78, 5) is 13.8. The molecule has 0 aliphatic carbocycles. The van der Waals surface area contributed by atoms with Gasteiger partial charge in [0.2, 0.25) is 0 Å². The van der Waals surface area contributed by atoms with E-state index in [2.05, 4.69) is 5.10 Å². The second kappa shape index (κ2) is 5.67. The number of carbonyl (C=O) groups is 1. The highest BCUT2D eigenvalue weighted by molar-refractivity contribution is 5.91. The fourth-order valence-corrected chi connectivity index (χ4v) is 1.85. The molecule has 5 nitrogen and oxygen atoms in total. The van der Waals surface area contributed by atoms with E-state index in [9.17, 15) is 4.79 Å². The molecular formula is C14H18N4O. The molecule has 5 heteroatoms. The number of benzene rings is 1. The number of carbonyl (C=O) groups excluding carboxylic acids is 1. The van der Waals surface area contributed by atoms with Crippen molar-refractivity contribution in [2.45, 2.75) is 13.1 Å². The zero-order valence-electron chi connectivity index (χ0n) is 11.2. The summed E-state index contributed by atoms with van der Waals surface area (Å²) in [7, 11) is 3.57. The molecule has 1 aromatic carbocycles. The summed E-state index contributed by atoms with van der Waals surface area (Å²) < 4.78 is 1.62. The first-order valence-electron chi connectivity index (χ1n) is 6.13. The fraction of sp³-hybridized carbons (Fsp3) is 0.286. The third-order valence-electron chi connectivity index (χ3n) is 2.96. The Balaban J connectivity index is 2.03. The Morgan fingerprint density at radius 3 is 2.42 bits per heavy atom. The van der Waals surface area contributed by atoms with Crippen LogP contribution in [0.2, 0.25) is 0 Å². The molecule has 2 rings (SSSR count). The highest BCUT2D eigenvalue weighted by Gasteiger charge is 2.14. The van der Waals surface area contributed by atoms with Crippen LogP contribution in [0.1, 0.15) is 21.6 Å². The summed E-state index contributed by atoms with van der Waals surface area (Å²) >= 11 is 0. The van der Waals surface area contributed by atoms with Crippen LogP contribution in [0.5, 0.6) is 0 Å². The van der Waals surface area contributed by atoms with Crippen LogP contribution >= 0.6 is 0 Å². The average molecular weight is 258 g/mol. The van der Waals surface area contributed by atoms with Gasteiger partial charge in [0, 0.05) is 33.4 Å². The highest BCUT2D eigenvalue weighted by Crippen LogP contribution is 2.08. The standard InChI is InChI=1S/C14H18N4O/c1-17(14(19)13-7-8-18(2)16-13)10-12-5-3-11(9-15)4-6-12/h3-8H,9-10,15H2,1-2H3. The molecule has 0 radical (unpaired) electrons. The lowest BCUT2D eigenvalue weighted by molar-refractivity contribution is 0.0778. The van der Waals surface area contributed by atoms with Crippen molar-refractivity contribution in [2.75, 3.05) is 7.05 Å². The molecule has 0 saturated carbocycles. The number of amides is 1. The first-order chi connectivity index (χ1) is 9.10. The summed E-state index contributed by atoms with van der Waals surface area (Å²) in [5, 5.41) is 4.11. The van der Waals surface area contributed by atoms with Crippen LogP contribution in [-0.4, -0.2) is 27.6 Å². The van der Waals surface area contributed by atoms with Gasteiger partial charge >= 0.3 is 0 Å². The Kier molecular flexibility index (Phi) is 3.97. The molecule has 0 aliphatic rings. The van der Waals surface area contributed by atoms with E-state index >= 15 is 0 Å². The number of nitrogens with zero attached hydrogens (tertiary/aromatic N) is 3. The van der Waals surface area contributed by atoms with E-state index in [4.69, 9.17) is 5.73 Å². The summed E-state index contributed by atoms with van der Waals surface area (Å²) in [6, 6.07) is 9.66. The summed E-state index contributed by atoms with van der Waals surface area (Å²) in [6.45, 7) is 1.09. The molecule has 0 saturated heterocycles. The molecule has 0 aliphatic heterocycles. The summed E-state index contributed by atoms with van der Waals surface area (Å²) in [5.74, 6) is -0.0801. The Bertz CT molecular complexity index is 559. The lowest BCUT2D eigenvalue weighted by Crippen LogP contribution is -2.26. The number of nitrogens with two attached hydrogens (primary N) is 1. The Morgan fingerprint density at radius 1 is 1.26 bits per heavy atom. The van der Waals surface area contributed by atoms with Crippen LogP contribution in [-0.2, 0) is 20.1 Å². The molecule has 0 atom stereocenters. The third-order valence-corrected chi connectivity index (χ3v) is 2.96. The average Bonchev–Trinajstić information content (AvgIpc) is 2.85. The largest absolute Gasteiger partial charge is 0.336 e. The molecule has 19 heavy (non-hydrogen) atoms. The van der Waals surface area contributed by atoms with Gasteiger partial charge in [0.05, 0.1) is 0 Å². The van der Waals surface area contributed by atoms with Gasteiger partial charge < -0.3 is 10.6 Å². The first kappa shape index (κ1) is 13.3. The monoisotopic (exact) mass is 258 g/mol. The van der Waals surface area contributed by atoms with Crippen LogP contribution in [0, 0.1) is 0 Å². The molecule has 0 bridgehead atoms. The SMILES string of the molecule is CN(Cc1ccc(CN)cc1)C(=O)c1ccn(C)n1. The molecule has 1 heterocycles. The second-order valence-corrected chi connectivity index (χ2v) is 4.56. The molecule has 2 aromatic rings. The third kappa shape index (κ3) is 3.20. The van der Waals surface area contributed by atoms with E-state index in [1.54, 1.807) is 35.9 Å². The number of aromatic nitrogens is 2. The van der Waals surface area contributed by atoms with Gasteiger partial charge in [0.15, 0.2) is 0 Å². The molecule has 1 amide bonds. The predicted octanol–water partition coefficient (Wildman–Crippen LogP) is 1.15. The molecule has 1 aromatic heterocycles. The number of hydrogen-bond donors (Lipinski definition) is 1. The Labute approximate surface area is 112 Å². The lowest BCUT2D eigenvalue weighted by Gasteiger charge is -2.16. The smallest absolute Gasteiger partial charge is 0.274 e. The molecule has 100 valence electrons. The van der Waals surface area contributed by atoms with Gasteiger partial charge in [-0.2, -0.15) is 5.10 Å². The highest BCUT2D eigenvalue weighted by atomic mass is 16.2. The van der Waals surface area contributed by atoms with Crippen LogP contribution < -0.4 is 5.73 Å². The molecule has 0 fully saturated rings. The first-order valence-corrected chi connectivity index (χ1v) is 6.13. The van der Waals surface area contributed by atoms with Gasteiger partial charge in [-0.25, -0.2) is 0 Å². The predicted molar refractivity (Wildman–Crippen MR) is 73.3 cm³/mol. The van der Waals surface area contributed by atoms with Crippen molar-refractivity contribution in [3.8, 4) is 0 Å². The van der Waals surface area contributed by atoms with Crippen LogP contribution in [0.4, 0.5) is 0 Å². The number of aryl methyl sites for hydroxylation is 1. The zero-order chi connectivity index (χ0) is 13.8. The van der Waals surface area contributed by atoms with Gasteiger partial charge in [-0.05, 0) is 17.2 Å². The minimum atomic E-state index is -0.0801. The number of hydrogen-bond acceptors (Lipinski definition) is 3. The maximum absolute atomic E-state index is 12.1. The van der Waals surface area contributed by atoms with E-state index in [1.807, 2.05) is 24.3 Å². The minimum absolute atomic E-state index is 0.0801. The van der Waals surface area contributed by atoms with Crippen LogP contribution in [0.3, 0.4) is 0 Å². The van der Waals surface area contributed by atoms with Crippen molar-refractivity contribution in [3.05, 3.63) is 53.3 Å². The maximum atomic E-state index is 12.1. The van der Waals surface area contributed by atoms with Crippen LogP contribution in [0.15, 0.2) is 36.5 Å². The second-order valence-electron chi connectivity index (χ2n) is 4.56. The summed E-state index contributed by atoms with van der Waals surface area (Å²) in [5.41, 5.74) is 8.17. The van der Waals surface area contributed by atoms with Gasteiger partial charge in [0.1, 0.15) is 5.69 Å². The van der Waals surface area contributed by atoms with Crippen molar-refractivity contribution < 1.29 is 4.79 Å². The van der Waals surface area contributed by atoms with E-state index in [0.717, 1.165) is 11.1 Å². The van der Waals surface area contributed by atoms with Crippen LogP contribution in [0.25, 0.3) is 0 Å². The molecule has 2 N–H and O–H groups in total. The van der Waals surface area contributed by atoms with E-state index in [-0.39, 0.29) is 5.91 Å².